The minimum Gasteiger partial charge on any atom is -0.399 e. The van der Waals surface area contributed by atoms with Gasteiger partial charge in [-0.05, 0) is 19.1 Å². The number of amides is 1. The summed E-state index contributed by atoms with van der Waals surface area (Å²) in [6.07, 6.45) is 1.51. The van der Waals surface area contributed by atoms with Crippen molar-refractivity contribution >= 4 is 11.6 Å². The van der Waals surface area contributed by atoms with Gasteiger partial charge in [-0.2, -0.15) is 0 Å². The molecule has 0 radical (unpaired) electrons. The van der Waals surface area contributed by atoms with Crippen LogP contribution in [0.15, 0.2) is 18.3 Å². The summed E-state index contributed by atoms with van der Waals surface area (Å²) in [6, 6.07) is 3.17. The first-order valence-electron chi connectivity index (χ1n) is 4.81. The van der Waals surface area contributed by atoms with Gasteiger partial charge in [0.15, 0.2) is 0 Å². The number of pyridine rings is 1. The molecular weight excluding hydrogens is 194 g/mol. The molecule has 5 nitrogen and oxygen atoms in total. The predicted octanol–water partition coefficient (Wildman–Crippen LogP) is 0.430. The van der Waals surface area contributed by atoms with E-state index in [9.17, 15) is 4.79 Å². The number of nitrogen functional groups attached to an aromatic ring is 1. The highest BCUT2D eigenvalue weighted by atomic mass is 16.5. The number of carbonyl (C=O) groups is 1. The first-order valence-corrected chi connectivity index (χ1v) is 4.81. The molecule has 0 fully saturated rings. The van der Waals surface area contributed by atoms with Crippen molar-refractivity contribution in [1.29, 1.82) is 0 Å². The smallest absolute Gasteiger partial charge is 0.270 e. The van der Waals surface area contributed by atoms with Crippen LogP contribution in [-0.4, -0.2) is 30.6 Å². The molecule has 1 aromatic heterocycles. The lowest BCUT2D eigenvalue weighted by Crippen LogP contribution is -2.28. The van der Waals surface area contributed by atoms with Crippen LogP contribution in [0.4, 0.5) is 5.69 Å². The highest BCUT2D eigenvalue weighted by Gasteiger charge is 2.05. The maximum atomic E-state index is 11.5. The molecule has 82 valence electrons. The topological polar surface area (TPSA) is 77.2 Å². The molecule has 1 heterocycles. The van der Waals surface area contributed by atoms with Crippen molar-refractivity contribution < 1.29 is 9.53 Å². The second kappa shape index (κ2) is 5.98. The summed E-state index contributed by atoms with van der Waals surface area (Å²) < 4.78 is 5.08. The molecule has 0 unspecified atom stereocenters. The summed E-state index contributed by atoms with van der Waals surface area (Å²) in [6.45, 7) is 3.53. The molecule has 0 saturated carbocycles. The van der Waals surface area contributed by atoms with Gasteiger partial charge in [-0.15, -0.1) is 0 Å². The van der Waals surface area contributed by atoms with Gasteiger partial charge in [0, 0.05) is 25.0 Å². The highest BCUT2D eigenvalue weighted by molar-refractivity contribution is 5.92. The van der Waals surface area contributed by atoms with Gasteiger partial charge in [0.05, 0.1) is 6.61 Å². The highest BCUT2D eigenvalue weighted by Crippen LogP contribution is 2.02. The van der Waals surface area contributed by atoms with E-state index in [1.807, 2.05) is 6.92 Å². The van der Waals surface area contributed by atoms with Crippen molar-refractivity contribution in [3.8, 4) is 0 Å². The van der Waals surface area contributed by atoms with Crippen molar-refractivity contribution in [2.45, 2.75) is 6.92 Å². The Hall–Kier alpha value is -1.62. The molecule has 0 aliphatic rings. The van der Waals surface area contributed by atoms with E-state index < -0.39 is 0 Å². The molecule has 1 rings (SSSR count). The number of anilines is 1. The van der Waals surface area contributed by atoms with Gasteiger partial charge >= 0.3 is 0 Å². The Morgan fingerprint density at radius 3 is 3.13 bits per heavy atom. The van der Waals surface area contributed by atoms with E-state index in [1.165, 1.54) is 12.3 Å². The second-order valence-corrected chi connectivity index (χ2v) is 2.93. The van der Waals surface area contributed by atoms with Crippen LogP contribution in [0.1, 0.15) is 17.4 Å². The molecule has 0 atom stereocenters. The summed E-state index contributed by atoms with van der Waals surface area (Å²) in [5.74, 6) is -0.234. The van der Waals surface area contributed by atoms with Crippen LogP contribution in [0.3, 0.4) is 0 Å². The van der Waals surface area contributed by atoms with Crippen LogP contribution in [0, 0.1) is 0 Å². The van der Waals surface area contributed by atoms with E-state index in [4.69, 9.17) is 10.5 Å². The summed E-state index contributed by atoms with van der Waals surface area (Å²) >= 11 is 0. The normalized spacial score (nSPS) is 9.93. The number of nitrogens with zero attached hydrogens (tertiary/aromatic N) is 1. The van der Waals surface area contributed by atoms with Crippen LogP contribution in [0.5, 0.6) is 0 Å². The third-order valence-corrected chi connectivity index (χ3v) is 1.75. The van der Waals surface area contributed by atoms with E-state index in [0.29, 0.717) is 31.1 Å². The van der Waals surface area contributed by atoms with Gasteiger partial charge in [-0.3, -0.25) is 9.78 Å². The lowest BCUT2D eigenvalue weighted by Gasteiger charge is -2.04. The summed E-state index contributed by atoms with van der Waals surface area (Å²) in [5, 5.41) is 2.68. The Morgan fingerprint density at radius 2 is 2.47 bits per heavy atom. The van der Waals surface area contributed by atoms with Crippen molar-refractivity contribution in [1.82, 2.24) is 10.3 Å². The molecule has 3 N–H and O–H groups in total. The average molecular weight is 209 g/mol. The number of ether oxygens (including phenoxy) is 1. The van der Waals surface area contributed by atoms with Crippen molar-refractivity contribution in [3.63, 3.8) is 0 Å². The first kappa shape index (κ1) is 11.5. The summed E-state index contributed by atoms with van der Waals surface area (Å²) in [4.78, 5) is 15.4. The minimum atomic E-state index is -0.234. The van der Waals surface area contributed by atoms with Gasteiger partial charge in [0.2, 0.25) is 0 Å². The van der Waals surface area contributed by atoms with E-state index in [0.717, 1.165) is 0 Å². The zero-order valence-electron chi connectivity index (χ0n) is 8.69. The number of rotatable bonds is 5. The van der Waals surface area contributed by atoms with Gasteiger partial charge in [-0.1, -0.05) is 0 Å². The molecule has 15 heavy (non-hydrogen) atoms. The molecule has 0 saturated heterocycles. The third-order valence-electron chi connectivity index (χ3n) is 1.75. The van der Waals surface area contributed by atoms with Crippen molar-refractivity contribution in [2.75, 3.05) is 25.5 Å². The Morgan fingerprint density at radius 1 is 1.67 bits per heavy atom. The van der Waals surface area contributed by atoms with Crippen LogP contribution in [0.2, 0.25) is 0 Å². The number of nitrogens with one attached hydrogen (secondary N) is 1. The monoisotopic (exact) mass is 209 g/mol. The number of hydrogen-bond donors (Lipinski definition) is 2. The van der Waals surface area contributed by atoms with E-state index in [-0.39, 0.29) is 5.91 Å². The van der Waals surface area contributed by atoms with Gasteiger partial charge < -0.3 is 15.8 Å². The van der Waals surface area contributed by atoms with Gasteiger partial charge in [-0.25, -0.2) is 0 Å². The molecule has 0 bridgehead atoms. The lowest BCUT2D eigenvalue weighted by molar-refractivity contribution is 0.0918. The first-order chi connectivity index (χ1) is 7.24. The lowest BCUT2D eigenvalue weighted by atomic mass is 10.3. The number of hydrogen-bond acceptors (Lipinski definition) is 4. The molecule has 0 aromatic carbocycles. The SMILES string of the molecule is CCOCCNC(=O)c1cc(N)ccn1. The van der Waals surface area contributed by atoms with Crippen LogP contribution >= 0.6 is 0 Å². The molecule has 5 heteroatoms. The van der Waals surface area contributed by atoms with Gasteiger partial charge in [0.1, 0.15) is 5.69 Å². The fourth-order valence-corrected chi connectivity index (χ4v) is 1.04. The fraction of sp³-hybridized carbons (Fsp3) is 0.400. The van der Waals surface area contributed by atoms with Gasteiger partial charge in [0.25, 0.3) is 5.91 Å². The summed E-state index contributed by atoms with van der Waals surface area (Å²) in [7, 11) is 0. The molecule has 1 aromatic rings. The summed E-state index contributed by atoms with van der Waals surface area (Å²) in [5.41, 5.74) is 6.38. The van der Waals surface area contributed by atoms with Crippen LogP contribution < -0.4 is 11.1 Å². The van der Waals surface area contributed by atoms with E-state index in [2.05, 4.69) is 10.3 Å². The number of nitrogens with two attached hydrogens (primary N) is 1. The Kier molecular flexibility index (Phi) is 4.56. The molecule has 0 aliphatic carbocycles. The largest absolute Gasteiger partial charge is 0.399 e. The van der Waals surface area contributed by atoms with Crippen LogP contribution in [-0.2, 0) is 4.74 Å². The quantitative estimate of drug-likeness (QED) is 0.689. The maximum Gasteiger partial charge on any atom is 0.270 e. The Balaban J connectivity index is 2.40. The Bertz CT molecular complexity index is 328. The average Bonchev–Trinajstić information content (AvgIpc) is 2.24. The van der Waals surface area contributed by atoms with Crippen molar-refractivity contribution in [2.24, 2.45) is 0 Å². The fourth-order valence-electron chi connectivity index (χ4n) is 1.04. The van der Waals surface area contributed by atoms with E-state index in [1.54, 1.807) is 6.07 Å². The zero-order chi connectivity index (χ0) is 11.1. The number of aromatic nitrogens is 1. The second-order valence-electron chi connectivity index (χ2n) is 2.93. The minimum absolute atomic E-state index is 0.234. The Labute approximate surface area is 88.6 Å². The number of carbonyl (C=O) groups excluding carboxylic acids is 1. The zero-order valence-corrected chi connectivity index (χ0v) is 8.69. The van der Waals surface area contributed by atoms with Crippen LogP contribution in [0.25, 0.3) is 0 Å². The molecule has 1 amide bonds. The predicted molar refractivity (Wildman–Crippen MR) is 57.5 cm³/mol. The maximum absolute atomic E-state index is 11.5. The van der Waals surface area contributed by atoms with E-state index >= 15 is 0 Å². The molecule has 0 spiro atoms. The molecular formula is C10H15N3O2. The van der Waals surface area contributed by atoms with Crippen molar-refractivity contribution in [3.05, 3.63) is 24.0 Å². The standard InChI is InChI=1S/C10H15N3O2/c1-2-15-6-5-13-10(14)9-7-8(11)3-4-12-9/h3-4,7H,2,5-6H2,1H3,(H2,11,12)(H,13,14). The molecule has 0 aliphatic heterocycles. The third kappa shape index (κ3) is 3.95.